The molecule has 0 unspecified atom stereocenters. The maximum Gasteiger partial charge on any atom is 0.238 e. The van der Waals surface area contributed by atoms with Gasteiger partial charge in [-0.25, -0.2) is 4.39 Å². The van der Waals surface area contributed by atoms with Gasteiger partial charge in [0.25, 0.3) is 0 Å². The van der Waals surface area contributed by atoms with E-state index in [-0.39, 0.29) is 18.2 Å². The first-order valence-corrected chi connectivity index (χ1v) is 6.36. The van der Waals surface area contributed by atoms with Crippen LogP contribution in [0.3, 0.4) is 0 Å². The van der Waals surface area contributed by atoms with Crippen molar-refractivity contribution in [1.82, 2.24) is 15.5 Å². The fourth-order valence-electron chi connectivity index (χ4n) is 1.71. The molecule has 0 aliphatic heterocycles. The van der Waals surface area contributed by atoms with Gasteiger partial charge >= 0.3 is 0 Å². The number of halogens is 1. The smallest absolute Gasteiger partial charge is 0.238 e. The van der Waals surface area contributed by atoms with Crippen molar-refractivity contribution in [1.29, 1.82) is 0 Å². The molecule has 0 bridgehead atoms. The van der Waals surface area contributed by atoms with Crippen molar-refractivity contribution in [2.24, 2.45) is 0 Å². The standard InChI is InChI=1S/C14H16FN3O2/c15-14-11(6-8-16-9-10-19)3-1-4-12(14)20-13-5-2-7-17-18-13/h1-5,7,16,19H,6,8-10H2. The molecule has 2 rings (SSSR count). The first kappa shape index (κ1) is 14.4. The lowest BCUT2D eigenvalue weighted by Gasteiger charge is -2.09. The molecule has 0 atom stereocenters. The van der Waals surface area contributed by atoms with Gasteiger partial charge in [-0.1, -0.05) is 12.1 Å². The van der Waals surface area contributed by atoms with Gasteiger partial charge in [-0.15, -0.1) is 5.10 Å². The van der Waals surface area contributed by atoms with Crippen LogP contribution in [-0.2, 0) is 6.42 Å². The quantitative estimate of drug-likeness (QED) is 0.751. The van der Waals surface area contributed by atoms with E-state index in [4.69, 9.17) is 9.84 Å². The van der Waals surface area contributed by atoms with E-state index in [1.54, 1.807) is 30.3 Å². The predicted molar refractivity (Wildman–Crippen MR) is 72.2 cm³/mol. The Balaban J connectivity index is 2.03. The summed E-state index contributed by atoms with van der Waals surface area (Å²) in [6.07, 6.45) is 2.04. The average Bonchev–Trinajstić information content (AvgIpc) is 2.48. The van der Waals surface area contributed by atoms with Crippen molar-refractivity contribution in [3.05, 3.63) is 47.9 Å². The van der Waals surface area contributed by atoms with E-state index in [1.165, 1.54) is 6.20 Å². The Morgan fingerprint density at radius 1 is 1.20 bits per heavy atom. The topological polar surface area (TPSA) is 67.3 Å². The molecule has 2 aromatic rings. The Morgan fingerprint density at radius 3 is 2.85 bits per heavy atom. The van der Waals surface area contributed by atoms with E-state index in [2.05, 4.69) is 15.5 Å². The third kappa shape index (κ3) is 3.97. The summed E-state index contributed by atoms with van der Waals surface area (Å²) in [5.74, 6) is -0.0175. The van der Waals surface area contributed by atoms with Crippen LogP contribution < -0.4 is 10.1 Å². The minimum absolute atomic E-state index is 0.0678. The zero-order chi connectivity index (χ0) is 14.2. The number of aliphatic hydroxyl groups is 1. The number of hydrogen-bond donors (Lipinski definition) is 2. The summed E-state index contributed by atoms with van der Waals surface area (Å²) in [5.41, 5.74) is 0.553. The fraction of sp³-hybridized carbons (Fsp3) is 0.286. The number of nitrogens with one attached hydrogen (secondary N) is 1. The van der Waals surface area contributed by atoms with Crippen LogP contribution in [0.25, 0.3) is 0 Å². The first-order valence-electron chi connectivity index (χ1n) is 6.36. The van der Waals surface area contributed by atoms with Crippen LogP contribution in [0.4, 0.5) is 4.39 Å². The summed E-state index contributed by atoms with van der Waals surface area (Å²) in [6.45, 7) is 1.15. The minimum Gasteiger partial charge on any atom is -0.434 e. The highest BCUT2D eigenvalue weighted by molar-refractivity contribution is 5.33. The van der Waals surface area contributed by atoms with Crippen molar-refractivity contribution in [2.45, 2.75) is 6.42 Å². The van der Waals surface area contributed by atoms with Crippen LogP contribution in [-0.4, -0.2) is 35.0 Å². The molecular weight excluding hydrogens is 261 g/mol. The first-order chi connectivity index (χ1) is 9.81. The maximum absolute atomic E-state index is 14.2. The number of hydrogen-bond acceptors (Lipinski definition) is 5. The Bertz CT molecular complexity index is 537. The number of aliphatic hydroxyl groups excluding tert-OH is 1. The zero-order valence-electron chi connectivity index (χ0n) is 10.9. The van der Waals surface area contributed by atoms with Crippen LogP contribution in [0, 0.1) is 5.82 Å². The molecule has 20 heavy (non-hydrogen) atoms. The molecule has 0 aliphatic carbocycles. The molecule has 0 aliphatic rings. The SMILES string of the molecule is OCCNCCc1cccc(Oc2cccnn2)c1F. The summed E-state index contributed by atoms with van der Waals surface area (Å²) in [6, 6.07) is 8.27. The molecule has 1 aromatic heterocycles. The Hall–Kier alpha value is -2.05. The van der Waals surface area contributed by atoms with Crippen LogP contribution >= 0.6 is 0 Å². The van der Waals surface area contributed by atoms with Crippen molar-refractivity contribution >= 4 is 0 Å². The van der Waals surface area contributed by atoms with Gasteiger partial charge in [0.15, 0.2) is 11.6 Å². The molecule has 1 aromatic carbocycles. The van der Waals surface area contributed by atoms with Crippen molar-refractivity contribution < 1.29 is 14.2 Å². The fourth-order valence-corrected chi connectivity index (χ4v) is 1.71. The molecule has 0 radical (unpaired) electrons. The molecule has 0 saturated heterocycles. The molecular formula is C14H16FN3O2. The molecule has 0 fully saturated rings. The monoisotopic (exact) mass is 277 g/mol. The van der Waals surface area contributed by atoms with Gasteiger partial charge in [0, 0.05) is 18.8 Å². The van der Waals surface area contributed by atoms with Crippen molar-refractivity contribution in [3.63, 3.8) is 0 Å². The van der Waals surface area contributed by atoms with Gasteiger partial charge in [-0.3, -0.25) is 0 Å². The maximum atomic E-state index is 14.2. The summed E-state index contributed by atoms with van der Waals surface area (Å²) < 4.78 is 19.6. The lowest BCUT2D eigenvalue weighted by Crippen LogP contribution is -2.21. The Morgan fingerprint density at radius 2 is 2.10 bits per heavy atom. The van der Waals surface area contributed by atoms with Gasteiger partial charge in [0.05, 0.1) is 6.61 Å². The molecule has 2 N–H and O–H groups in total. The molecule has 6 heteroatoms. The summed E-state index contributed by atoms with van der Waals surface area (Å²) >= 11 is 0. The van der Waals surface area contributed by atoms with Crippen LogP contribution in [0.2, 0.25) is 0 Å². The molecule has 1 heterocycles. The van der Waals surface area contributed by atoms with E-state index in [1.807, 2.05) is 0 Å². The predicted octanol–water partition coefficient (Wildman–Crippen LogP) is 1.53. The number of aromatic nitrogens is 2. The third-order valence-electron chi connectivity index (χ3n) is 2.67. The van der Waals surface area contributed by atoms with Crippen molar-refractivity contribution in [2.75, 3.05) is 19.7 Å². The van der Waals surface area contributed by atoms with Crippen LogP contribution in [0.5, 0.6) is 11.6 Å². The largest absolute Gasteiger partial charge is 0.434 e. The normalized spacial score (nSPS) is 10.5. The number of ether oxygens (including phenoxy) is 1. The highest BCUT2D eigenvalue weighted by Crippen LogP contribution is 2.24. The van der Waals surface area contributed by atoms with Gasteiger partial charge in [0.1, 0.15) is 0 Å². The average molecular weight is 277 g/mol. The second kappa shape index (κ2) is 7.52. The van der Waals surface area contributed by atoms with Gasteiger partial charge in [-0.05, 0) is 30.7 Å². The zero-order valence-corrected chi connectivity index (χ0v) is 10.9. The number of rotatable bonds is 7. The molecule has 0 amide bonds. The highest BCUT2D eigenvalue weighted by atomic mass is 19.1. The van der Waals surface area contributed by atoms with Crippen LogP contribution in [0.15, 0.2) is 36.5 Å². The number of benzene rings is 1. The lowest BCUT2D eigenvalue weighted by molar-refractivity contribution is 0.292. The summed E-state index contributed by atoms with van der Waals surface area (Å²) in [5, 5.41) is 19.1. The summed E-state index contributed by atoms with van der Waals surface area (Å²) in [4.78, 5) is 0. The van der Waals surface area contributed by atoms with E-state index < -0.39 is 5.82 Å². The number of nitrogens with zero attached hydrogens (tertiary/aromatic N) is 2. The van der Waals surface area contributed by atoms with Crippen molar-refractivity contribution in [3.8, 4) is 11.6 Å². The van der Waals surface area contributed by atoms with Gasteiger partial charge < -0.3 is 15.2 Å². The summed E-state index contributed by atoms with van der Waals surface area (Å²) in [7, 11) is 0. The Labute approximate surface area is 116 Å². The second-order valence-electron chi connectivity index (χ2n) is 4.12. The lowest BCUT2D eigenvalue weighted by atomic mass is 10.1. The van der Waals surface area contributed by atoms with E-state index in [9.17, 15) is 4.39 Å². The Kier molecular flexibility index (Phi) is 5.40. The van der Waals surface area contributed by atoms with Gasteiger partial charge in [-0.2, -0.15) is 5.10 Å². The van der Waals surface area contributed by atoms with Gasteiger partial charge in [0.2, 0.25) is 5.88 Å². The third-order valence-corrected chi connectivity index (χ3v) is 2.67. The molecule has 5 nitrogen and oxygen atoms in total. The van der Waals surface area contributed by atoms with E-state index in [0.29, 0.717) is 25.1 Å². The van der Waals surface area contributed by atoms with Crippen LogP contribution in [0.1, 0.15) is 5.56 Å². The second-order valence-corrected chi connectivity index (χ2v) is 4.12. The van der Waals surface area contributed by atoms with E-state index in [0.717, 1.165) is 0 Å². The highest BCUT2D eigenvalue weighted by Gasteiger charge is 2.10. The molecule has 0 spiro atoms. The molecule has 0 saturated carbocycles. The minimum atomic E-state index is -0.399. The molecule has 106 valence electrons. The van der Waals surface area contributed by atoms with E-state index >= 15 is 0 Å².